The third kappa shape index (κ3) is 5.09. The van der Waals surface area contributed by atoms with Crippen molar-refractivity contribution >= 4 is 5.91 Å². The zero-order valence-electron chi connectivity index (χ0n) is 16.8. The van der Waals surface area contributed by atoms with Gasteiger partial charge in [0.1, 0.15) is 0 Å². The number of piperidine rings is 2. The minimum Gasteiger partial charge on any atom is -0.389 e. The maximum atomic E-state index is 12.8. The van der Waals surface area contributed by atoms with Crippen molar-refractivity contribution in [2.24, 2.45) is 5.92 Å². The Kier molecular flexibility index (Phi) is 6.90. The molecular weight excluding hydrogens is 340 g/mol. The number of hydrogen-bond acceptors (Lipinski definition) is 4. The second-order valence-corrected chi connectivity index (χ2v) is 8.30. The van der Waals surface area contributed by atoms with Crippen molar-refractivity contribution in [1.29, 1.82) is 0 Å². The van der Waals surface area contributed by atoms with E-state index in [1.54, 1.807) is 7.11 Å². The van der Waals surface area contributed by atoms with E-state index in [4.69, 9.17) is 4.74 Å². The number of aliphatic hydroxyl groups is 1. The third-order valence-electron chi connectivity index (χ3n) is 6.54. The van der Waals surface area contributed by atoms with Gasteiger partial charge in [-0.05, 0) is 50.3 Å². The fourth-order valence-corrected chi connectivity index (χ4v) is 4.48. The van der Waals surface area contributed by atoms with Crippen LogP contribution in [-0.4, -0.2) is 72.9 Å². The highest BCUT2D eigenvalue weighted by Crippen LogP contribution is 2.31. The van der Waals surface area contributed by atoms with Crippen LogP contribution in [0, 0.1) is 5.92 Å². The van der Waals surface area contributed by atoms with Gasteiger partial charge in [-0.2, -0.15) is 0 Å². The topological polar surface area (TPSA) is 53.0 Å². The molecule has 5 nitrogen and oxygen atoms in total. The minimum absolute atomic E-state index is 0.0779. The predicted molar refractivity (Wildman–Crippen MR) is 107 cm³/mol. The molecule has 1 N–H and O–H groups in total. The van der Waals surface area contributed by atoms with Gasteiger partial charge in [-0.15, -0.1) is 0 Å². The molecule has 5 heteroatoms. The maximum Gasteiger partial charge on any atom is 0.236 e. The summed E-state index contributed by atoms with van der Waals surface area (Å²) in [5.41, 5.74) is 0.713. The lowest BCUT2D eigenvalue weighted by atomic mass is 9.80. The van der Waals surface area contributed by atoms with Gasteiger partial charge in [0.15, 0.2) is 0 Å². The highest BCUT2D eigenvalue weighted by atomic mass is 16.5. The van der Waals surface area contributed by atoms with E-state index < -0.39 is 5.60 Å². The molecule has 0 aliphatic carbocycles. The van der Waals surface area contributed by atoms with Crippen LogP contribution in [0.25, 0.3) is 0 Å². The summed E-state index contributed by atoms with van der Waals surface area (Å²) in [5.74, 6) is 0.895. The number of nitrogens with zero attached hydrogens (tertiary/aromatic N) is 2. The Labute approximate surface area is 163 Å². The Morgan fingerprint density at radius 2 is 1.93 bits per heavy atom. The fourth-order valence-electron chi connectivity index (χ4n) is 4.48. The highest BCUT2D eigenvalue weighted by molar-refractivity contribution is 5.78. The van der Waals surface area contributed by atoms with Gasteiger partial charge in [-0.25, -0.2) is 0 Å². The van der Waals surface area contributed by atoms with E-state index in [0.29, 0.717) is 45.0 Å². The largest absolute Gasteiger partial charge is 0.389 e. The van der Waals surface area contributed by atoms with E-state index in [-0.39, 0.29) is 11.8 Å². The van der Waals surface area contributed by atoms with Gasteiger partial charge in [0.05, 0.1) is 12.1 Å². The summed E-state index contributed by atoms with van der Waals surface area (Å²) in [6.07, 6.45) is 3.51. The fraction of sp³-hybridized carbons (Fsp3) is 0.682. The zero-order valence-corrected chi connectivity index (χ0v) is 16.8. The Morgan fingerprint density at radius 3 is 2.56 bits per heavy atom. The van der Waals surface area contributed by atoms with Crippen molar-refractivity contribution in [3.8, 4) is 0 Å². The lowest BCUT2D eigenvalue weighted by Gasteiger charge is -2.44. The first-order chi connectivity index (χ1) is 13.0. The molecule has 2 saturated heterocycles. The average molecular weight is 375 g/mol. The average Bonchev–Trinajstić information content (AvgIpc) is 2.70. The minimum atomic E-state index is -0.708. The predicted octanol–water partition coefficient (Wildman–Crippen LogP) is 2.50. The maximum absolute atomic E-state index is 12.8. The number of benzene rings is 1. The lowest BCUT2D eigenvalue weighted by molar-refractivity contribution is -0.142. The molecule has 2 heterocycles. The van der Waals surface area contributed by atoms with Crippen LogP contribution in [0.1, 0.15) is 44.1 Å². The number of hydrogen-bond donors (Lipinski definition) is 1. The number of rotatable bonds is 6. The molecule has 2 atom stereocenters. The Hall–Kier alpha value is -1.43. The second kappa shape index (κ2) is 9.18. The van der Waals surface area contributed by atoms with Crippen molar-refractivity contribution in [1.82, 2.24) is 9.80 Å². The van der Waals surface area contributed by atoms with Crippen LogP contribution in [0.2, 0.25) is 0 Å². The van der Waals surface area contributed by atoms with Crippen LogP contribution in [0.3, 0.4) is 0 Å². The zero-order chi connectivity index (χ0) is 19.3. The summed E-state index contributed by atoms with van der Waals surface area (Å²) in [6, 6.07) is 10.7. The van der Waals surface area contributed by atoms with Gasteiger partial charge in [0, 0.05) is 32.7 Å². The molecule has 0 radical (unpaired) electrons. The van der Waals surface area contributed by atoms with E-state index in [2.05, 4.69) is 35.2 Å². The molecule has 2 aliphatic rings. The number of carbonyl (C=O) groups excluding carboxylic acids is 1. The van der Waals surface area contributed by atoms with E-state index in [0.717, 1.165) is 25.9 Å². The molecule has 2 fully saturated rings. The van der Waals surface area contributed by atoms with Crippen LogP contribution >= 0.6 is 0 Å². The van der Waals surface area contributed by atoms with Gasteiger partial charge in [0.25, 0.3) is 0 Å². The summed E-state index contributed by atoms with van der Waals surface area (Å²) < 4.78 is 5.13. The Bertz CT molecular complexity index is 601. The van der Waals surface area contributed by atoms with E-state index in [1.165, 1.54) is 5.56 Å². The van der Waals surface area contributed by atoms with Gasteiger partial charge in [-0.3, -0.25) is 9.69 Å². The highest BCUT2D eigenvalue weighted by Gasteiger charge is 2.39. The number of ether oxygens (including phenoxy) is 1. The molecule has 0 spiro atoms. The standard InChI is InChI=1S/C22H34N2O3/c1-18-16-24(14-10-22(18,26)11-15-27-2)21(25)17-23-12-8-20(9-13-23)19-6-4-3-5-7-19/h3-7,18,20,26H,8-17H2,1-2H3/t18-,22-/m1/s1. The van der Waals surface area contributed by atoms with Crippen molar-refractivity contribution in [2.45, 2.75) is 44.1 Å². The first-order valence-corrected chi connectivity index (χ1v) is 10.3. The third-order valence-corrected chi connectivity index (χ3v) is 6.54. The molecule has 3 rings (SSSR count). The van der Waals surface area contributed by atoms with Crippen LogP contribution in [-0.2, 0) is 9.53 Å². The molecule has 0 saturated carbocycles. The van der Waals surface area contributed by atoms with Gasteiger partial charge >= 0.3 is 0 Å². The Balaban J connectivity index is 1.45. The molecule has 2 aliphatic heterocycles. The van der Waals surface area contributed by atoms with Crippen molar-refractivity contribution in [2.75, 3.05) is 46.4 Å². The molecule has 0 aromatic heterocycles. The molecule has 150 valence electrons. The van der Waals surface area contributed by atoms with E-state index in [9.17, 15) is 9.90 Å². The monoisotopic (exact) mass is 374 g/mol. The first kappa shape index (κ1) is 20.3. The SMILES string of the molecule is COCC[C@]1(O)CCN(C(=O)CN2CCC(c3ccccc3)CC2)C[C@H]1C. The number of methoxy groups -OCH3 is 1. The molecule has 0 bridgehead atoms. The lowest BCUT2D eigenvalue weighted by Crippen LogP contribution is -2.54. The van der Waals surface area contributed by atoms with Crippen molar-refractivity contribution in [3.05, 3.63) is 35.9 Å². The molecule has 1 aromatic rings. The smallest absolute Gasteiger partial charge is 0.236 e. The quantitative estimate of drug-likeness (QED) is 0.831. The molecule has 1 aromatic carbocycles. The van der Waals surface area contributed by atoms with E-state index >= 15 is 0 Å². The van der Waals surface area contributed by atoms with Gasteiger partial charge in [-0.1, -0.05) is 37.3 Å². The summed E-state index contributed by atoms with van der Waals surface area (Å²) in [7, 11) is 1.66. The second-order valence-electron chi connectivity index (χ2n) is 8.30. The number of carbonyl (C=O) groups is 1. The van der Waals surface area contributed by atoms with E-state index in [1.807, 2.05) is 11.8 Å². The number of amides is 1. The molecular formula is C22H34N2O3. The summed E-state index contributed by atoms with van der Waals surface area (Å²) in [6.45, 7) is 6.35. The van der Waals surface area contributed by atoms with Crippen LogP contribution in [0.15, 0.2) is 30.3 Å². The van der Waals surface area contributed by atoms with Gasteiger partial charge in [0.2, 0.25) is 5.91 Å². The summed E-state index contributed by atoms with van der Waals surface area (Å²) >= 11 is 0. The number of likely N-dealkylation sites (tertiary alicyclic amines) is 2. The first-order valence-electron chi connectivity index (χ1n) is 10.3. The molecule has 1 amide bonds. The summed E-state index contributed by atoms with van der Waals surface area (Å²) in [4.78, 5) is 17.0. The van der Waals surface area contributed by atoms with Crippen LogP contribution < -0.4 is 0 Å². The molecule has 27 heavy (non-hydrogen) atoms. The molecule has 0 unspecified atom stereocenters. The van der Waals surface area contributed by atoms with Crippen LogP contribution in [0.5, 0.6) is 0 Å². The van der Waals surface area contributed by atoms with Crippen molar-refractivity contribution < 1.29 is 14.6 Å². The van der Waals surface area contributed by atoms with Crippen LogP contribution in [0.4, 0.5) is 0 Å². The normalized spacial score (nSPS) is 27.7. The van der Waals surface area contributed by atoms with Crippen molar-refractivity contribution in [3.63, 3.8) is 0 Å². The summed E-state index contributed by atoms with van der Waals surface area (Å²) in [5, 5.41) is 10.8. The van der Waals surface area contributed by atoms with Gasteiger partial charge < -0.3 is 14.7 Å². The Morgan fingerprint density at radius 1 is 1.22 bits per heavy atom.